The number of anilines is 1. The fourth-order valence-corrected chi connectivity index (χ4v) is 3.22. The van der Waals surface area contributed by atoms with Crippen LogP contribution < -0.4 is 5.32 Å². The van der Waals surface area contributed by atoms with E-state index in [1.54, 1.807) is 13.1 Å². The summed E-state index contributed by atoms with van der Waals surface area (Å²) < 4.78 is 1.54. The Hall–Kier alpha value is -2.74. The van der Waals surface area contributed by atoms with Crippen molar-refractivity contribution in [3.05, 3.63) is 41.7 Å². The molecule has 8 nitrogen and oxygen atoms in total. The van der Waals surface area contributed by atoms with Crippen LogP contribution in [0, 0.1) is 5.41 Å². The molecular formula is C20H28N6O2. The number of carbonyl (C=O) groups is 2. The van der Waals surface area contributed by atoms with Crippen LogP contribution in [0.25, 0.3) is 0 Å². The predicted octanol–water partition coefficient (Wildman–Crippen LogP) is 1.76. The molecule has 0 spiro atoms. The van der Waals surface area contributed by atoms with Gasteiger partial charge in [0.05, 0.1) is 0 Å². The smallest absolute Gasteiger partial charge is 0.258 e. The van der Waals surface area contributed by atoms with E-state index in [0.29, 0.717) is 5.56 Å². The topological polar surface area (TPSA) is 83.4 Å². The van der Waals surface area contributed by atoms with Crippen molar-refractivity contribution in [1.29, 1.82) is 0 Å². The van der Waals surface area contributed by atoms with Crippen LogP contribution in [-0.2, 0) is 18.4 Å². The number of aromatic nitrogens is 3. The summed E-state index contributed by atoms with van der Waals surface area (Å²) in [5.74, 6) is 0.264. The maximum absolute atomic E-state index is 12.4. The summed E-state index contributed by atoms with van der Waals surface area (Å²) in [6.07, 6.45) is 1.54. The lowest BCUT2D eigenvalue weighted by atomic mass is 9.94. The number of amides is 2. The standard InChI is InChI=1S/C20H28N6O2/c1-20(2,3)18(28)26-10-8-25(9-11-26)13-15-6-5-7-16(12-15)17(27)22-19-21-14-24(4)23-19/h5-7,12,14H,8-11,13H2,1-4H3,(H,22,23,27). The minimum absolute atomic E-state index is 0.203. The molecule has 1 aromatic carbocycles. The monoisotopic (exact) mass is 384 g/mol. The van der Waals surface area contributed by atoms with Crippen LogP contribution in [0.4, 0.5) is 5.95 Å². The molecule has 1 saturated heterocycles. The summed E-state index contributed by atoms with van der Waals surface area (Å²) in [6, 6.07) is 7.57. The van der Waals surface area contributed by atoms with Gasteiger partial charge in [0.2, 0.25) is 11.9 Å². The molecule has 1 fully saturated rings. The molecule has 1 aromatic heterocycles. The maximum atomic E-state index is 12.4. The van der Waals surface area contributed by atoms with E-state index in [0.717, 1.165) is 38.3 Å². The van der Waals surface area contributed by atoms with Gasteiger partial charge in [0.15, 0.2) is 0 Å². The summed E-state index contributed by atoms with van der Waals surface area (Å²) in [5.41, 5.74) is 1.30. The Morgan fingerprint density at radius 1 is 1.14 bits per heavy atom. The van der Waals surface area contributed by atoms with Crippen molar-refractivity contribution < 1.29 is 9.59 Å². The summed E-state index contributed by atoms with van der Waals surface area (Å²) >= 11 is 0. The second-order valence-corrected chi connectivity index (χ2v) is 8.21. The number of hydrogen-bond donors (Lipinski definition) is 1. The highest BCUT2D eigenvalue weighted by molar-refractivity contribution is 6.03. The van der Waals surface area contributed by atoms with Gasteiger partial charge in [-0.3, -0.25) is 24.5 Å². The lowest BCUT2D eigenvalue weighted by molar-refractivity contribution is -0.141. The zero-order valence-corrected chi connectivity index (χ0v) is 17.0. The van der Waals surface area contributed by atoms with Crippen LogP contribution in [0.5, 0.6) is 0 Å². The minimum atomic E-state index is -0.341. The van der Waals surface area contributed by atoms with Crippen molar-refractivity contribution in [2.24, 2.45) is 12.5 Å². The Kier molecular flexibility index (Phi) is 5.79. The number of carbonyl (C=O) groups excluding carboxylic acids is 2. The molecule has 3 rings (SSSR count). The van der Waals surface area contributed by atoms with Crippen molar-refractivity contribution in [1.82, 2.24) is 24.6 Å². The molecule has 0 aliphatic carbocycles. The number of hydrogen-bond acceptors (Lipinski definition) is 5. The van der Waals surface area contributed by atoms with Gasteiger partial charge in [-0.05, 0) is 17.7 Å². The van der Waals surface area contributed by atoms with Gasteiger partial charge in [0, 0.05) is 50.7 Å². The van der Waals surface area contributed by atoms with Gasteiger partial charge in [-0.1, -0.05) is 32.9 Å². The molecule has 28 heavy (non-hydrogen) atoms. The van der Waals surface area contributed by atoms with Crippen LogP contribution in [-0.4, -0.2) is 62.6 Å². The van der Waals surface area contributed by atoms with E-state index in [1.165, 1.54) is 11.0 Å². The third-order valence-corrected chi connectivity index (χ3v) is 4.72. The number of nitrogens with one attached hydrogen (secondary N) is 1. The van der Waals surface area contributed by atoms with E-state index in [1.807, 2.05) is 43.9 Å². The fraction of sp³-hybridized carbons (Fsp3) is 0.500. The molecular weight excluding hydrogens is 356 g/mol. The van der Waals surface area contributed by atoms with Gasteiger partial charge in [-0.2, -0.15) is 0 Å². The molecule has 0 radical (unpaired) electrons. The summed E-state index contributed by atoms with van der Waals surface area (Å²) in [6.45, 7) is 9.76. The van der Waals surface area contributed by atoms with Gasteiger partial charge in [0.25, 0.3) is 5.91 Å². The molecule has 150 valence electrons. The zero-order valence-electron chi connectivity index (χ0n) is 17.0. The zero-order chi connectivity index (χ0) is 20.3. The number of aryl methyl sites for hydroxylation is 1. The maximum Gasteiger partial charge on any atom is 0.258 e. The van der Waals surface area contributed by atoms with E-state index in [9.17, 15) is 9.59 Å². The van der Waals surface area contributed by atoms with Crippen LogP contribution >= 0.6 is 0 Å². The van der Waals surface area contributed by atoms with E-state index >= 15 is 0 Å². The molecule has 8 heteroatoms. The average molecular weight is 384 g/mol. The lowest BCUT2D eigenvalue weighted by Gasteiger charge is -2.37. The molecule has 0 unspecified atom stereocenters. The largest absolute Gasteiger partial charge is 0.340 e. The number of rotatable bonds is 4. The highest BCUT2D eigenvalue weighted by Gasteiger charge is 2.29. The molecule has 0 atom stereocenters. The first kappa shape index (κ1) is 20.0. The van der Waals surface area contributed by atoms with E-state index < -0.39 is 0 Å². The Morgan fingerprint density at radius 2 is 1.86 bits per heavy atom. The summed E-state index contributed by atoms with van der Waals surface area (Å²) in [7, 11) is 1.75. The number of nitrogens with zero attached hydrogens (tertiary/aromatic N) is 5. The first-order valence-electron chi connectivity index (χ1n) is 9.50. The van der Waals surface area contributed by atoms with E-state index in [-0.39, 0.29) is 23.2 Å². The van der Waals surface area contributed by atoms with E-state index in [2.05, 4.69) is 20.3 Å². The number of piperazine rings is 1. The molecule has 1 aliphatic heterocycles. The van der Waals surface area contributed by atoms with Crippen LogP contribution in [0.1, 0.15) is 36.7 Å². The van der Waals surface area contributed by atoms with Crippen LogP contribution in [0.15, 0.2) is 30.6 Å². The average Bonchev–Trinajstić information content (AvgIpc) is 3.06. The van der Waals surface area contributed by atoms with Gasteiger partial charge >= 0.3 is 0 Å². The van der Waals surface area contributed by atoms with Gasteiger partial charge in [-0.25, -0.2) is 4.98 Å². The van der Waals surface area contributed by atoms with Crippen molar-refractivity contribution in [2.75, 3.05) is 31.5 Å². The molecule has 0 bridgehead atoms. The Bertz CT molecular complexity index is 846. The van der Waals surface area contributed by atoms with Crippen molar-refractivity contribution in [2.45, 2.75) is 27.3 Å². The molecule has 0 saturated carbocycles. The molecule has 2 aromatic rings. The van der Waals surface area contributed by atoms with E-state index in [4.69, 9.17) is 0 Å². The quantitative estimate of drug-likeness (QED) is 0.868. The normalized spacial score (nSPS) is 15.5. The predicted molar refractivity (Wildman–Crippen MR) is 107 cm³/mol. The van der Waals surface area contributed by atoms with Crippen LogP contribution in [0.2, 0.25) is 0 Å². The van der Waals surface area contributed by atoms with Crippen LogP contribution in [0.3, 0.4) is 0 Å². The third-order valence-electron chi connectivity index (χ3n) is 4.72. The fourth-order valence-electron chi connectivity index (χ4n) is 3.22. The SMILES string of the molecule is Cn1cnc(NC(=O)c2cccc(CN3CCN(C(=O)C(C)(C)C)CC3)c2)n1. The first-order chi connectivity index (χ1) is 13.2. The molecule has 1 aliphatic rings. The molecule has 1 N–H and O–H groups in total. The molecule has 2 heterocycles. The van der Waals surface area contributed by atoms with Gasteiger partial charge < -0.3 is 4.90 Å². The Balaban J connectivity index is 1.56. The highest BCUT2D eigenvalue weighted by Crippen LogP contribution is 2.19. The van der Waals surface area contributed by atoms with Crippen molar-refractivity contribution in [3.63, 3.8) is 0 Å². The highest BCUT2D eigenvalue weighted by atomic mass is 16.2. The second kappa shape index (κ2) is 8.10. The van der Waals surface area contributed by atoms with Gasteiger partial charge in [0.1, 0.15) is 6.33 Å². The Morgan fingerprint density at radius 3 is 2.46 bits per heavy atom. The Labute approximate surface area is 165 Å². The minimum Gasteiger partial charge on any atom is -0.340 e. The summed E-state index contributed by atoms with van der Waals surface area (Å²) in [5, 5.41) is 6.77. The lowest BCUT2D eigenvalue weighted by Crippen LogP contribution is -2.51. The van der Waals surface area contributed by atoms with Crippen molar-refractivity contribution in [3.8, 4) is 0 Å². The van der Waals surface area contributed by atoms with Crippen molar-refractivity contribution >= 4 is 17.8 Å². The van der Waals surface area contributed by atoms with Gasteiger partial charge in [-0.15, -0.1) is 5.10 Å². The summed E-state index contributed by atoms with van der Waals surface area (Å²) in [4.78, 5) is 33.1. The first-order valence-corrected chi connectivity index (χ1v) is 9.50. The molecule has 2 amide bonds. The number of benzene rings is 1. The third kappa shape index (κ3) is 4.95. The second-order valence-electron chi connectivity index (χ2n) is 8.21.